The van der Waals surface area contributed by atoms with Gasteiger partial charge in [-0.2, -0.15) is 0 Å². The Hall–Kier alpha value is -0.910. The maximum atomic E-state index is 5.91. The predicted molar refractivity (Wildman–Crippen MR) is 70.3 cm³/mol. The Bertz CT molecular complexity index is 505. The fourth-order valence-electron chi connectivity index (χ4n) is 1.65. The van der Waals surface area contributed by atoms with Gasteiger partial charge in [-0.3, -0.25) is 0 Å². The molecular formula is C11H15ClN4S. The Labute approximate surface area is 110 Å². The summed E-state index contributed by atoms with van der Waals surface area (Å²) in [5.41, 5.74) is 4.05. The van der Waals surface area contributed by atoms with Crippen LogP contribution in [0.2, 0.25) is 5.28 Å². The van der Waals surface area contributed by atoms with Crippen LogP contribution in [0.1, 0.15) is 29.2 Å². The van der Waals surface area contributed by atoms with Crippen LogP contribution in [-0.2, 0) is 13.6 Å². The number of aryl methyl sites for hydroxylation is 1. The van der Waals surface area contributed by atoms with Gasteiger partial charge in [-0.15, -0.1) is 11.3 Å². The lowest BCUT2D eigenvalue weighted by atomic mass is 10.2. The van der Waals surface area contributed by atoms with Gasteiger partial charge in [-0.05, 0) is 25.4 Å². The van der Waals surface area contributed by atoms with Gasteiger partial charge in [0.05, 0.1) is 23.1 Å². The second-order valence-electron chi connectivity index (χ2n) is 3.97. The average Bonchev–Trinajstić information content (AvgIpc) is 2.84. The molecule has 0 spiro atoms. The highest BCUT2D eigenvalue weighted by atomic mass is 35.5. The molecule has 0 aliphatic carbocycles. The third kappa shape index (κ3) is 2.68. The Balaban J connectivity index is 2.00. The minimum Gasteiger partial charge on any atom is -0.320 e. The van der Waals surface area contributed by atoms with Crippen molar-refractivity contribution in [1.82, 2.24) is 19.9 Å². The van der Waals surface area contributed by atoms with Crippen molar-refractivity contribution in [1.29, 1.82) is 0 Å². The summed E-state index contributed by atoms with van der Waals surface area (Å²) in [7, 11) is 1.92. The molecule has 2 aromatic rings. The minimum atomic E-state index is 0.210. The van der Waals surface area contributed by atoms with Crippen LogP contribution in [-0.4, -0.2) is 14.5 Å². The van der Waals surface area contributed by atoms with Crippen molar-refractivity contribution < 1.29 is 0 Å². The predicted octanol–water partition coefficient (Wildman–Crippen LogP) is 2.69. The summed E-state index contributed by atoms with van der Waals surface area (Å²) in [5, 5.41) is 3.96. The summed E-state index contributed by atoms with van der Waals surface area (Å²) < 4.78 is 1.89. The van der Waals surface area contributed by atoms with Crippen LogP contribution in [0.4, 0.5) is 0 Å². The monoisotopic (exact) mass is 270 g/mol. The number of thiazole rings is 1. The van der Waals surface area contributed by atoms with Gasteiger partial charge in [0.25, 0.3) is 0 Å². The van der Waals surface area contributed by atoms with Crippen molar-refractivity contribution in [3.8, 4) is 0 Å². The molecule has 0 radical (unpaired) electrons. The number of rotatable bonds is 4. The molecule has 92 valence electrons. The second kappa shape index (κ2) is 5.16. The molecule has 0 aliphatic rings. The minimum absolute atomic E-state index is 0.210. The molecule has 6 heteroatoms. The summed E-state index contributed by atoms with van der Waals surface area (Å²) in [6, 6.07) is 0.210. The number of nitrogens with one attached hydrogen (secondary N) is 1. The van der Waals surface area contributed by atoms with Crippen molar-refractivity contribution in [2.45, 2.75) is 26.4 Å². The van der Waals surface area contributed by atoms with E-state index >= 15 is 0 Å². The zero-order valence-electron chi connectivity index (χ0n) is 10.1. The van der Waals surface area contributed by atoms with Crippen molar-refractivity contribution in [3.63, 3.8) is 0 Å². The van der Waals surface area contributed by atoms with Gasteiger partial charge in [0.15, 0.2) is 0 Å². The molecule has 0 saturated heterocycles. The second-order valence-corrected chi connectivity index (χ2v) is 5.25. The zero-order chi connectivity index (χ0) is 12.4. The van der Waals surface area contributed by atoms with Gasteiger partial charge in [0.2, 0.25) is 5.28 Å². The smallest absolute Gasteiger partial charge is 0.202 e. The van der Waals surface area contributed by atoms with Gasteiger partial charge >= 0.3 is 0 Å². The number of imidazole rings is 1. The Morgan fingerprint density at radius 3 is 2.82 bits per heavy atom. The lowest BCUT2D eigenvalue weighted by molar-refractivity contribution is 0.546. The highest BCUT2D eigenvalue weighted by Gasteiger charge is 2.12. The summed E-state index contributed by atoms with van der Waals surface area (Å²) >= 11 is 7.59. The van der Waals surface area contributed by atoms with E-state index in [1.165, 1.54) is 4.88 Å². The van der Waals surface area contributed by atoms with E-state index in [0.717, 1.165) is 17.9 Å². The summed E-state index contributed by atoms with van der Waals surface area (Å²) in [4.78, 5) is 9.58. The number of hydrogen-bond donors (Lipinski definition) is 1. The molecule has 0 aromatic carbocycles. The Kier molecular flexibility index (Phi) is 3.81. The van der Waals surface area contributed by atoms with Crippen LogP contribution in [0.5, 0.6) is 0 Å². The number of halogens is 1. The molecule has 0 saturated carbocycles. The van der Waals surface area contributed by atoms with Crippen molar-refractivity contribution in [2.24, 2.45) is 7.05 Å². The molecule has 0 bridgehead atoms. The van der Waals surface area contributed by atoms with E-state index in [-0.39, 0.29) is 6.04 Å². The Morgan fingerprint density at radius 2 is 2.29 bits per heavy atom. The maximum absolute atomic E-state index is 5.91. The molecule has 4 nitrogen and oxygen atoms in total. The molecule has 1 unspecified atom stereocenters. The first kappa shape index (κ1) is 12.5. The SMILES string of the molecule is Cc1ncsc1CNC(C)c1cnc(Cl)n1C. The van der Waals surface area contributed by atoms with Crippen LogP contribution in [0.3, 0.4) is 0 Å². The molecule has 17 heavy (non-hydrogen) atoms. The summed E-state index contributed by atoms with van der Waals surface area (Å²) in [6.07, 6.45) is 1.81. The van der Waals surface area contributed by atoms with E-state index in [1.807, 2.05) is 24.0 Å². The third-order valence-electron chi connectivity index (χ3n) is 2.82. The number of nitrogens with zero attached hydrogens (tertiary/aromatic N) is 3. The molecule has 2 rings (SSSR count). The molecule has 0 fully saturated rings. The zero-order valence-corrected chi connectivity index (χ0v) is 11.6. The van der Waals surface area contributed by atoms with E-state index in [0.29, 0.717) is 5.28 Å². The maximum Gasteiger partial charge on any atom is 0.202 e. The lowest BCUT2D eigenvalue weighted by Gasteiger charge is -2.14. The molecule has 2 heterocycles. The molecular weight excluding hydrogens is 256 g/mol. The van der Waals surface area contributed by atoms with E-state index in [4.69, 9.17) is 11.6 Å². The summed E-state index contributed by atoms with van der Waals surface area (Å²) in [5.74, 6) is 0. The molecule has 0 aliphatic heterocycles. The number of aromatic nitrogens is 3. The molecule has 2 aromatic heterocycles. The van der Waals surface area contributed by atoms with Crippen LogP contribution in [0.15, 0.2) is 11.7 Å². The van der Waals surface area contributed by atoms with E-state index in [2.05, 4.69) is 22.2 Å². The van der Waals surface area contributed by atoms with Crippen molar-refractivity contribution >= 4 is 22.9 Å². The average molecular weight is 271 g/mol. The first-order valence-electron chi connectivity index (χ1n) is 5.39. The topological polar surface area (TPSA) is 42.7 Å². The van der Waals surface area contributed by atoms with Gasteiger partial charge in [0, 0.05) is 24.5 Å². The van der Waals surface area contributed by atoms with Gasteiger partial charge in [-0.25, -0.2) is 9.97 Å². The Morgan fingerprint density at radius 1 is 1.53 bits per heavy atom. The molecule has 1 atom stereocenters. The largest absolute Gasteiger partial charge is 0.320 e. The van der Waals surface area contributed by atoms with E-state index in [1.54, 1.807) is 17.5 Å². The molecule has 1 N–H and O–H groups in total. The lowest BCUT2D eigenvalue weighted by Crippen LogP contribution is -2.20. The first-order valence-corrected chi connectivity index (χ1v) is 6.64. The fraction of sp³-hybridized carbons (Fsp3) is 0.455. The van der Waals surface area contributed by atoms with Crippen molar-refractivity contribution in [3.05, 3.63) is 33.3 Å². The summed E-state index contributed by atoms with van der Waals surface area (Å²) in [6.45, 7) is 4.95. The normalized spacial score (nSPS) is 12.9. The standard InChI is InChI=1S/C11H15ClN4S/c1-7(9-4-14-11(12)16(9)3)13-5-10-8(2)15-6-17-10/h4,6-7,13H,5H2,1-3H3. The van der Waals surface area contributed by atoms with Crippen LogP contribution >= 0.6 is 22.9 Å². The third-order valence-corrected chi connectivity index (χ3v) is 4.11. The highest BCUT2D eigenvalue weighted by molar-refractivity contribution is 7.09. The van der Waals surface area contributed by atoms with Crippen LogP contribution in [0, 0.1) is 6.92 Å². The van der Waals surface area contributed by atoms with Gasteiger partial charge < -0.3 is 9.88 Å². The van der Waals surface area contributed by atoms with E-state index < -0.39 is 0 Å². The first-order chi connectivity index (χ1) is 8.09. The highest BCUT2D eigenvalue weighted by Crippen LogP contribution is 2.18. The van der Waals surface area contributed by atoms with Gasteiger partial charge in [-0.1, -0.05) is 0 Å². The van der Waals surface area contributed by atoms with Crippen molar-refractivity contribution in [2.75, 3.05) is 0 Å². The molecule has 0 amide bonds. The van der Waals surface area contributed by atoms with Crippen LogP contribution in [0.25, 0.3) is 0 Å². The van der Waals surface area contributed by atoms with Crippen LogP contribution < -0.4 is 5.32 Å². The fourth-order valence-corrected chi connectivity index (χ4v) is 2.52. The van der Waals surface area contributed by atoms with Gasteiger partial charge in [0.1, 0.15) is 0 Å². The number of hydrogen-bond acceptors (Lipinski definition) is 4. The quantitative estimate of drug-likeness (QED) is 0.929. The van der Waals surface area contributed by atoms with E-state index in [9.17, 15) is 0 Å².